The van der Waals surface area contributed by atoms with Crippen molar-refractivity contribution in [3.63, 3.8) is 0 Å². The van der Waals surface area contributed by atoms with Gasteiger partial charge in [0, 0.05) is 6.92 Å². The maximum absolute atomic E-state index is 12.1. The van der Waals surface area contributed by atoms with Gasteiger partial charge >= 0.3 is 17.9 Å². The maximum atomic E-state index is 12.1. The van der Waals surface area contributed by atoms with E-state index in [1.807, 2.05) is 0 Å². The average molecular weight is 296 g/mol. The van der Waals surface area contributed by atoms with E-state index in [9.17, 15) is 14.4 Å². The Kier molecular flexibility index (Phi) is 5.29. The molecule has 0 aromatic rings. The van der Waals surface area contributed by atoms with Crippen molar-refractivity contribution >= 4 is 17.9 Å². The molecule has 6 heteroatoms. The van der Waals surface area contributed by atoms with Crippen LogP contribution in [0.4, 0.5) is 0 Å². The highest BCUT2D eigenvalue weighted by atomic mass is 16.5. The molecule has 0 amide bonds. The fraction of sp³-hybridized carbons (Fsp3) is 0.533. The van der Waals surface area contributed by atoms with Gasteiger partial charge in [0.15, 0.2) is 5.41 Å². The smallest absolute Gasteiger partial charge is 0.323 e. The lowest BCUT2D eigenvalue weighted by Crippen LogP contribution is -2.39. The minimum Gasteiger partial charge on any atom is -0.468 e. The first-order chi connectivity index (χ1) is 9.78. The van der Waals surface area contributed by atoms with Crippen molar-refractivity contribution in [2.24, 2.45) is 5.41 Å². The van der Waals surface area contributed by atoms with Crippen LogP contribution in [0, 0.1) is 5.41 Å². The predicted octanol–water partition coefficient (Wildman–Crippen LogP) is 1.55. The van der Waals surface area contributed by atoms with E-state index in [0.717, 1.165) is 5.57 Å². The molecule has 0 heterocycles. The number of hydrogen-bond acceptors (Lipinski definition) is 6. The second-order valence-electron chi connectivity index (χ2n) is 5.06. The number of ether oxygens (including phenoxy) is 3. The summed E-state index contributed by atoms with van der Waals surface area (Å²) in [6, 6.07) is 0. The predicted molar refractivity (Wildman–Crippen MR) is 74.2 cm³/mol. The van der Waals surface area contributed by atoms with Crippen molar-refractivity contribution in [3.8, 4) is 0 Å². The molecule has 1 aliphatic carbocycles. The van der Waals surface area contributed by atoms with Crippen molar-refractivity contribution in [2.75, 3.05) is 20.8 Å². The quantitative estimate of drug-likeness (QED) is 0.435. The Labute approximate surface area is 123 Å². The Bertz CT molecular complexity index is 498. The monoisotopic (exact) mass is 296 g/mol. The van der Waals surface area contributed by atoms with Gasteiger partial charge in [0.1, 0.15) is 6.61 Å². The number of carbonyl (C=O) groups excluding carboxylic acids is 3. The van der Waals surface area contributed by atoms with E-state index < -0.39 is 23.3 Å². The summed E-state index contributed by atoms with van der Waals surface area (Å²) in [7, 11) is 2.44. The summed E-state index contributed by atoms with van der Waals surface area (Å²) < 4.78 is 14.5. The highest BCUT2D eigenvalue weighted by Crippen LogP contribution is 2.46. The second kappa shape index (κ2) is 6.56. The minimum atomic E-state index is -1.42. The first-order valence-corrected chi connectivity index (χ1v) is 6.45. The molecular formula is C15H20O6. The van der Waals surface area contributed by atoms with Crippen LogP contribution in [0.2, 0.25) is 0 Å². The molecule has 0 aromatic heterocycles. The molecule has 0 saturated heterocycles. The van der Waals surface area contributed by atoms with Gasteiger partial charge in [-0.15, -0.1) is 0 Å². The molecule has 6 nitrogen and oxygen atoms in total. The van der Waals surface area contributed by atoms with E-state index in [2.05, 4.69) is 6.58 Å². The second-order valence-corrected chi connectivity index (χ2v) is 5.06. The van der Waals surface area contributed by atoms with Crippen molar-refractivity contribution < 1.29 is 28.6 Å². The third-order valence-corrected chi connectivity index (χ3v) is 3.54. The van der Waals surface area contributed by atoms with Crippen molar-refractivity contribution in [2.45, 2.75) is 26.7 Å². The SMILES string of the molecule is C=C(C)C1=C(COC(C)=O)CC(C(=O)OC)(C(=O)OC)C1. The van der Waals surface area contributed by atoms with Gasteiger partial charge in [0.2, 0.25) is 0 Å². The topological polar surface area (TPSA) is 78.9 Å². The lowest BCUT2D eigenvalue weighted by Gasteiger charge is -2.23. The summed E-state index contributed by atoms with van der Waals surface area (Å²) in [4.78, 5) is 35.2. The van der Waals surface area contributed by atoms with E-state index in [0.29, 0.717) is 11.1 Å². The summed E-state index contributed by atoms with van der Waals surface area (Å²) in [5.41, 5.74) is 0.722. The van der Waals surface area contributed by atoms with Crippen LogP contribution in [0.5, 0.6) is 0 Å². The normalized spacial score (nSPS) is 16.4. The van der Waals surface area contributed by atoms with Gasteiger partial charge < -0.3 is 14.2 Å². The largest absolute Gasteiger partial charge is 0.468 e. The molecule has 21 heavy (non-hydrogen) atoms. The van der Waals surface area contributed by atoms with Crippen molar-refractivity contribution in [1.29, 1.82) is 0 Å². The Hall–Kier alpha value is -2.11. The molecule has 0 atom stereocenters. The van der Waals surface area contributed by atoms with E-state index >= 15 is 0 Å². The molecule has 0 spiro atoms. The molecule has 0 unspecified atom stereocenters. The summed E-state index contributed by atoms with van der Waals surface area (Å²) in [6.45, 7) is 6.94. The zero-order valence-electron chi connectivity index (χ0n) is 12.8. The fourth-order valence-corrected chi connectivity index (χ4v) is 2.50. The molecule has 1 aliphatic rings. The molecule has 0 saturated carbocycles. The fourth-order valence-electron chi connectivity index (χ4n) is 2.50. The molecule has 0 N–H and O–H groups in total. The van der Waals surface area contributed by atoms with Crippen LogP contribution in [0.3, 0.4) is 0 Å². The zero-order chi connectivity index (χ0) is 16.2. The number of hydrogen-bond donors (Lipinski definition) is 0. The van der Waals surface area contributed by atoms with E-state index in [1.54, 1.807) is 6.92 Å². The Morgan fingerprint density at radius 3 is 2.00 bits per heavy atom. The van der Waals surface area contributed by atoms with Gasteiger partial charge in [-0.3, -0.25) is 14.4 Å². The summed E-state index contributed by atoms with van der Waals surface area (Å²) in [5.74, 6) is -1.76. The van der Waals surface area contributed by atoms with Crippen LogP contribution in [0.25, 0.3) is 0 Å². The van der Waals surface area contributed by atoms with Gasteiger partial charge in [-0.25, -0.2) is 0 Å². The van der Waals surface area contributed by atoms with Gasteiger partial charge in [-0.1, -0.05) is 12.2 Å². The van der Waals surface area contributed by atoms with Crippen LogP contribution in [0.1, 0.15) is 26.7 Å². The first kappa shape index (κ1) is 16.9. The van der Waals surface area contributed by atoms with Crippen molar-refractivity contribution in [1.82, 2.24) is 0 Å². The minimum absolute atomic E-state index is 0.0211. The van der Waals surface area contributed by atoms with Crippen LogP contribution < -0.4 is 0 Å². The van der Waals surface area contributed by atoms with Gasteiger partial charge in [0.25, 0.3) is 0 Å². The molecule has 0 bridgehead atoms. The third-order valence-electron chi connectivity index (χ3n) is 3.54. The van der Waals surface area contributed by atoms with Crippen LogP contribution in [-0.2, 0) is 28.6 Å². The lowest BCUT2D eigenvalue weighted by molar-refractivity contribution is -0.168. The van der Waals surface area contributed by atoms with Gasteiger partial charge in [-0.05, 0) is 30.9 Å². The van der Waals surface area contributed by atoms with Crippen LogP contribution in [-0.4, -0.2) is 38.7 Å². The number of methoxy groups -OCH3 is 2. The standard InChI is InChI=1S/C15H20O6/c1-9(2)12-7-15(13(17)19-4,14(18)20-5)6-11(12)8-21-10(3)16/h1,6-8H2,2-5H3. The van der Waals surface area contributed by atoms with Crippen LogP contribution >= 0.6 is 0 Å². The average Bonchev–Trinajstić information content (AvgIpc) is 2.84. The third kappa shape index (κ3) is 3.32. The van der Waals surface area contributed by atoms with Crippen LogP contribution in [0.15, 0.2) is 23.3 Å². The Morgan fingerprint density at radius 1 is 1.10 bits per heavy atom. The summed E-state index contributed by atoms with van der Waals surface area (Å²) in [5, 5.41) is 0. The highest BCUT2D eigenvalue weighted by Gasteiger charge is 2.53. The lowest BCUT2D eigenvalue weighted by atomic mass is 9.83. The number of rotatable bonds is 5. The maximum Gasteiger partial charge on any atom is 0.323 e. The van der Waals surface area contributed by atoms with E-state index in [4.69, 9.17) is 14.2 Å². The van der Waals surface area contributed by atoms with E-state index in [1.165, 1.54) is 21.1 Å². The zero-order valence-corrected chi connectivity index (χ0v) is 12.8. The van der Waals surface area contributed by atoms with Gasteiger partial charge in [0.05, 0.1) is 14.2 Å². The van der Waals surface area contributed by atoms with Gasteiger partial charge in [-0.2, -0.15) is 0 Å². The summed E-state index contributed by atoms with van der Waals surface area (Å²) >= 11 is 0. The number of carbonyl (C=O) groups is 3. The molecular weight excluding hydrogens is 276 g/mol. The Morgan fingerprint density at radius 2 is 1.62 bits per heavy atom. The highest BCUT2D eigenvalue weighted by molar-refractivity contribution is 6.01. The summed E-state index contributed by atoms with van der Waals surface area (Å²) in [6.07, 6.45) is 0.236. The molecule has 1 rings (SSSR count). The first-order valence-electron chi connectivity index (χ1n) is 6.45. The number of allylic oxidation sites excluding steroid dienone is 2. The molecule has 0 aliphatic heterocycles. The van der Waals surface area contributed by atoms with Crippen molar-refractivity contribution in [3.05, 3.63) is 23.3 Å². The molecule has 0 fully saturated rings. The molecule has 0 radical (unpaired) electrons. The Balaban J connectivity index is 3.15. The molecule has 116 valence electrons. The van der Waals surface area contributed by atoms with E-state index in [-0.39, 0.29) is 19.4 Å². The number of esters is 3. The molecule has 0 aromatic carbocycles.